The van der Waals surface area contributed by atoms with E-state index < -0.39 is 70.5 Å². The maximum Gasteiger partial charge on any atom is 0.343 e. The predicted molar refractivity (Wildman–Crippen MR) is 193 cm³/mol. The van der Waals surface area contributed by atoms with E-state index in [4.69, 9.17) is 9.57 Å². The molecule has 56 heavy (non-hydrogen) atoms. The number of aliphatic hydroxyl groups is 1. The number of esters is 1. The predicted octanol–water partition coefficient (Wildman–Crippen LogP) is 1.97. The highest BCUT2D eigenvalue weighted by Gasteiger charge is 2.45. The van der Waals surface area contributed by atoms with E-state index in [9.17, 15) is 43.5 Å². The highest BCUT2D eigenvalue weighted by atomic mass is 19.1. The lowest BCUT2D eigenvalue weighted by atomic mass is 9.86. The molecular weight excluding hydrogens is 735 g/mol. The summed E-state index contributed by atoms with van der Waals surface area (Å²) in [5, 5.41) is 19.7. The average molecular weight is 777 g/mol. The van der Waals surface area contributed by atoms with Crippen molar-refractivity contribution in [2.75, 3.05) is 5.32 Å². The fourth-order valence-electron chi connectivity index (χ4n) is 6.85. The molecule has 2 aromatic heterocycles. The number of unbranched alkanes of at least 4 members (excludes halogenated alkanes) is 1. The van der Waals surface area contributed by atoms with E-state index in [0.717, 1.165) is 6.07 Å². The summed E-state index contributed by atoms with van der Waals surface area (Å²) in [7, 11) is 0. The summed E-state index contributed by atoms with van der Waals surface area (Å²) in [6, 6.07) is 3.58. The van der Waals surface area contributed by atoms with Crippen LogP contribution in [0.15, 0.2) is 29.1 Å². The van der Waals surface area contributed by atoms with Crippen LogP contribution in [0.5, 0.6) is 0 Å². The number of hydrogen-bond donors (Lipinski definition) is 4. The molecule has 0 saturated carbocycles. The van der Waals surface area contributed by atoms with E-state index in [1.807, 2.05) is 0 Å². The van der Waals surface area contributed by atoms with Gasteiger partial charge in [0.1, 0.15) is 24.5 Å². The largest absolute Gasteiger partial charge is 0.458 e. The normalized spacial score (nSPS) is 18.2. The van der Waals surface area contributed by atoms with Gasteiger partial charge in [-0.15, -0.1) is 5.06 Å². The van der Waals surface area contributed by atoms with E-state index in [0.29, 0.717) is 27.4 Å². The molecule has 4 N–H and O–H groups in total. The Morgan fingerprint density at radius 1 is 0.982 bits per heavy atom. The number of hydrogen-bond acceptors (Lipinski definition) is 12. The number of halogens is 1. The fourth-order valence-corrected chi connectivity index (χ4v) is 6.85. The van der Waals surface area contributed by atoms with Crippen molar-refractivity contribution in [3.63, 3.8) is 0 Å². The van der Waals surface area contributed by atoms with Crippen molar-refractivity contribution in [3.05, 3.63) is 57.1 Å². The summed E-state index contributed by atoms with van der Waals surface area (Å²) < 4.78 is 22.0. The van der Waals surface area contributed by atoms with Gasteiger partial charge in [-0.1, -0.05) is 20.8 Å². The maximum atomic E-state index is 15.4. The number of fused-ring (bicyclic) bond motifs is 5. The molecule has 1 fully saturated rings. The average Bonchev–Trinajstić information content (AvgIpc) is 3.67. The number of nitrogens with one attached hydrogen (secondary N) is 3. The van der Waals surface area contributed by atoms with Gasteiger partial charge in [-0.2, -0.15) is 0 Å². The van der Waals surface area contributed by atoms with Gasteiger partial charge in [0.2, 0.25) is 17.7 Å². The minimum absolute atomic E-state index is 0.0170. The molecular formula is C38H41FN6O11. The van der Waals surface area contributed by atoms with Gasteiger partial charge >= 0.3 is 11.9 Å². The minimum atomic E-state index is -1.99. The number of anilines is 1. The van der Waals surface area contributed by atoms with Crippen LogP contribution in [0.1, 0.15) is 89.3 Å². The number of pyridine rings is 2. The van der Waals surface area contributed by atoms with E-state index >= 15 is 4.39 Å². The van der Waals surface area contributed by atoms with Gasteiger partial charge in [0.15, 0.2) is 5.60 Å². The fraction of sp³-hybridized carbons (Fsp3) is 0.447. The van der Waals surface area contributed by atoms with E-state index in [1.165, 1.54) is 17.6 Å². The van der Waals surface area contributed by atoms with Gasteiger partial charge in [-0.25, -0.2) is 19.0 Å². The Bertz CT molecular complexity index is 2240. The second-order valence-electron chi connectivity index (χ2n) is 14.4. The number of rotatable bonds is 13. The lowest BCUT2D eigenvalue weighted by Crippen LogP contribution is -2.53. The number of cyclic esters (lactones) is 1. The molecule has 17 nitrogen and oxygen atoms in total. The molecule has 5 heterocycles. The number of ether oxygens (including phenoxy) is 1. The first-order chi connectivity index (χ1) is 26.5. The Balaban J connectivity index is 1.06. The monoisotopic (exact) mass is 776 g/mol. The third-order valence-electron chi connectivity index (χ3n) is 10.1. The summed E-state index contributed by atoms with van der Waals surface area (Å²) in [4.78, 5) is 110. The molecule has 3 aliphatic rings. The van der Waals surface area contributed by atoms with Crippen molar-refractivity contribution in [1.29, 1.82) is 0 Å². The molecule has 6 rings (SSSR count). The Kier molecular flexibility index (Phi) is 11.0. The SMILES string of the molecule is CC[C@@]1(O)C(=O)OCc2c1cc1n(c2=O)Cc2cc3cc(NC(=O)C(C)NC(=O)[C@@H](NC(=O)CCCCC(=O)ON4C(=O)CCC4=O)C(C)C)c(F)cc3nc2-1. The van der Waals surface area contributed by atoms with Crippen molar-refractivity contribution in [3.8, 4) is 11.4 Å². The van der Waals surface area contributed by atoms with Crippen LogP contribution in [0, 0.1) is 11.7 Å². The van der Waals surface area contributed by atoms with Crippen molar-refractivity contribution >= 4 is 58.1 Å². The minimum Gasteiger partial charge on any atom is -0.458 e. The Morgan fingerprint density at radius 3 is 2.36 bits per heavy atom. The van der Waals surface area contributed by atoms with Crippen molar-refractivity contribution in [2.24, 2.45) is 5.92 Å². The Morgan fingerprint density at radius 2 is 1.68 bits per heavy atom. The summed E-state index contributed by atoms with van der Waals surface area (Å²) in [6.07, 6.45) is 0.234. The van der Waals surface area contributed by atoms with Crippen LogP contribution >= 0.6 is 0 Å². The molecule has 0 bridgehead atoms. The molecule has 5 amide bonds. The van der Waals surface area contributed by atoms with Gasteiger partial charge in [0.05, 0.1) is 34.7 Å². The molecule has 3 aliphatic heterocycles. The molecule has 3 atom stereocenters. The third-order valence-corrected chi connectivity index (χ3v) is 10.1. The van der Waals surface area contributed by atoms with Crippen molar-refractivity contribution in [1.82, 2.24) is 25.2 Å². The summed E-state index contributed by atoms with van der Waals surface area (Å²) >= 11 is 0. The molecule has 1 aromatic carbocycles. The number of nitrogens with zero attached hydrogens (tertiary/aromatic N) is 3. The molecule has 0 spiro atoms. The van der Waals surface area contributed by atoms with E-state index in [2.05, 4.69) is 20.9 Å². The second kappa shape index (κ2) is 15.6. The summed E-state index contributed by atoms with van der Waals surface area (Å²) in [6.45, 7) is 6.24. The molecule has 3 aromatic rings. The smallest absolute Gasteiger partial charge is 0.343 e. The lowest BCUT2D eigenvalue weighted by molar-refractivity contribution is -0.197. The third kappa shape index (κ3) is 7.60. The molecule has 0 aliphatic carbocycles. The van der Waals surface area contributed by atoms with Crippen LogP contribution in [-0.2, 0) is 61.9 Å². The Labute approximate surface area is 318 Å². The lowest BCUT2D eigenvalue weighted by Gasteiger charge is -2.31. The number of carbonyl (C=O) groups is 7. The zero-order valence-corrected chi connectivity index (χ0v) is 31.2. The number of aromatic nitrogens is 2. The van der Waals surface area contributed by atoms with Gasteiger partial charge in [-0.05, 0) is 50.3 Å². The van der Waals surface area contributed by atoms with Crippen LogP contribution < -0.4 is 21.5 Å². The second-order valence-corrected chi connectivity index (χ2v) is 14.4. The van der Waals surface area contributed by atoms with Crippen LogP contribution in [0.4, 0.5) is 10.1 Å². The number of amides is 5. The summed E-state index contributed by atoms with van der Waals surface area (Å²) in [5.74, 6) is -5.89. The molecule has 18 heteroatoms. The van der Waals surface area contributed by atoms with Crippen molar-refractivity contribution in [2.45, 2.75) is 103 Å². The van der Waals surface area contributed by atoms with Gasteiger partial charge in [0, 0.05) is 48.3 Å². The van der Waals surface area contributed by atoms with Gasteiger partial charge in [-0.3, -0.25) is 28.8 Å². The highest BCUT2D eigenvalue weighted by Crippen LogP contribution is 2.39. The topological polar surface area (TPSA) is 232 Å². The van der Waals surface area contributed by atoms with E-state index in [1.54, 1.807) is 32.9 Å². The van der Waals surface area contributed by atoms with E-state index in [-0.39, 0.29) is 86.3 Å². The number of hydroxylamine groups is 2. The zero-order valence-electron chi connectivity index (χ0n) is 31.2. The van der Waals surface area contributed by atoms with Crippen LogP contribution in [0.3, 0.4) is 0 Å². The van der Waals surface area contributed by atoms with Crippen LogP contribution in [0.2, 0.25) is 0 Å². The first-order valence-corrected chi connectivity index (χ1v) is 18.3. The standard InChI is InChI=1S/C38H41FN6O11/c1-5-38(54)23-14-27-33-21(16-44(27)36(52)22(23)17-55-37(38)53)12-20-13-26(24(39)15-25(20)41-33)42-34(50)19(4)40-35(51)32(18(2)3)43-28(46)8-6-7-9-31(49)56-45-29(47)10-11-30(45)48/h12-15,18-19,32,54H,5-11,16-17H2,1-4H3,(H,40,51)(H,42,50)(H,43,46)/t19?,32-,38-/m0/s1. The first kappa shape index (κ1) is 39.6. The van der Waals surface area contributed by atoms with Gasteiger partial charge in [0.25, 0.3) is 17.4 Å². The molecule has 296 valence electrons. The number of imide groups is 1. The first-order valence-electron chi connectivity index (χ1n) is 18.3. The number of carbonyl (C=O) groups excluding carboxylic acids is 7. The van der Waals surface area contributed by atoms with Gasteiger partial charge < -0.3 is 35.2 Å². The zero-order chi connectivity index (χ0) is 40.6. The van der Waals surface area contributed by atoms with Crippen LogP contribution in [-0.4, -0.2) is 73.3 Å². The number of benzene rings is 1. The highest BCUT2D eigenvalue weighted by molar-refractivity contribution is 6.02. The molecule has 0 radical (unpaired) electrons. The molecule has 1 unspecified atom stereocenters. The summed E-state index contributed by atoms with van der Waals surface area (Å²) in [5.41, 5.74) is -0.731. The quantitative estimate of drug-likeness (QED) is 0.0868. The molecule has 1 saturated heterocycles. The van der Waals surface area contributed by atoms with Crippen molar-refractivity contribution < 1.29 is 52.6 Å². The maximum absolute atomic E-state index is 15.4. The van der Waals surface area contributed by atoms with Crippen LogP contribution in [0.25, 0.3) is 22.3 Å². The Hall–Kier alpha value is -6.04.